The van der Waals surface area contributed by atoms with Gasteiger partial charge in [0.15, 0.2) is 5.78 Å². The Bertz CT molecular complexity index is 163. The van der Waals surface area contributed by atoms with E-state index in [0.717, 1.165) is 6.42 Å². The quantitative estimate of drug-likeness (QED) is 0.569. The first-order chi connectivity index (χ1) is 5.33. The summed E-state index contributed by atoms with van der Waals surface area (Å²) in [5.41, 5.74) is 0. The minimum atomic E-state index is 0.0208. The zero-order chi connectivity index (χ0) is 8.10. The number of hydrogen-bond acceptors (Lipinski definition) is 3. The van der Waals surface area contributed by atoms with Crippen LogP contribution >= 0.6 is 0 Å². The number of allylic oxidation sites excluding steroid dienone is 1. The Morgan fingerprint density at radius 3 is 3.18 bits per heavy atom. The van der Waals surface area contributed by atoms with Crippen molar-refractivity contribution in [3.05, 3.63) is 12.2 Å². The molecule has 0 bridgehead atoms. The fourth-order valence-corrected chi connectivity index (χ4v) is 1.02. The van der Waals surface area contributed by atoms with Crippen molar-refractivity contribution in [1.29, 1.82) is 0 Å². The van der Waals surface area contributed by atoms with Gasteiger partial charge in [-0.05, 0) is 12.5 Å². The number of rotatable bonds is 3. The zero-order valence-electron chi connectivity index (χ0n) is 6.58. The van der Waals surface area contributed by atoms with E-state index in [4.69, 9.17) is 9.47 Å². The molecule has 1 rings (SSSR count). The van der Waals surface area contributed by atoms with Crippen LogP contribution in [0.15, 0.2) is 12.2 Å². The van der Waals surface area contributed by atoms with Crippen LogP contribution in [0.2, 0.25) is 0 Å². The highest BCUT2D eigenvalue weighted by molar-refractivity contribution is 5.90. The third-order valence-corrected chi connectivity index (χ3v) is 1.55. The van der Waals surface area contributed by atoms with Crippen LogP contribution in [-0.4, -0.2) is 25.8 Å². The summed E-state index contributed by atoms with van der Waals surface area (Å²) in [6, 6.07) is 0. The lowest BCUT2D eigenvalue weighted by atomic mass is 10.0. The number of carbonyl (C=O) groups excluding carboxylic acids is 1. The van der Waals surface area contributed by atoms with Gasteiger partial charge in [0.1, 0.15) is 6.79 Å². The maximum atomic E-state index is 10.8. The van der Waals surface area contributed by atoms with E-state index >= 15 is 0 Å². The summed E-state index contributed by atoms with van der Waals surface area (Å²) in [5, 5.41) is 0. The van der Waals surface area contributed by atoms with E-state index in [-0.39, 0.29) is 18.7 Å². The Labute approximate surface area is 66.0 Å². The molecule has 0 aliphatic heterocycles. The van der Waals surface area contributed by atoms with E-state index in [0.29, 0.717) is 6.42 Å². The van der Waals surface area contributed by atoms with Crippen LogP contribution < -0.4 is 0 Å². The Morgan fingerprint density at radius 1 is 1.73 bits per heavy atom. The molecule has 0 fully saturated rings. The van der Waals surface area contributed by atoms with Crippen molar-refractivity contribution in [2.45, 2.75) is 18.9 Å². The first kappa shape index (κ1) is 8.43. The molecule has 0 spiro atoms. The molecule has 62 valence electrons. The lowest BCUT2D eigenvalue weighted by molar-refractivity contribution is -0.122. The first-order valence-corrected chi connectivity index (χ1v) is 3.63. The maximum absolute atomic E-state index is 10.8. The van der Waals surface area contributed by atoms with Crippen LogP contribution in [0.1, 0.15) is 12.8 Å². The molecule has 0 aromatic heterocycles. The lowest BCUT2D eigenvalue weighted by Crippen LogP contribution is -2.20. The average molecular weight is 156 g/mol. The van der Waals surface area contributed by atoms with Gasteiger partial charge in [-0.2, -0.15) is 0 Å². The summed E-state index contributed by atoms with van der Waals surface area (Å²) < 4.78 is 9.93. The minimum absolute atomic E-state index is 0.0208. The smallest absolute Gasteiger partial charge is 0.157 e. The Balaban J connectivity index is 2.26. The third-order valence-electron chi connectivity index (χ3n) is 1.55. The monoisotopic (exact) mass is 156 g/mol. The van der Waals surface area contributed by atoms with Gasteiger partial charge in [-0.1, -0.05) is 6.08 Å². The van der Waals surface area contributed by atoms with E-state index in [1.54, 1.807) is 13.2 Å². The van der Waals surface area contributed by atoms with Crippen LogP contribution in [0.25, 0.3) is 0 Å². The number of ether oxygens (including phenoxy) is 2. The molecule has 11 heavy (non-hydrogen) atoms. The number of methoxy groups -OCH3 is 1. The van der Waals surface area contributed by atoms with Gasteiger partial charge in [0, 0.05) is 13.5 Å². The van der Waals surface area contributed by atoms with Gasteiger partial charge < -0.3 is 9.47 Å². The summed E-state index contributed by atoms with van der Waals surface area (Å²) in [6.07, 6.45) is 4.76. The van der Waals surface area contributed by atoms with E-state index in [1.807, 2.05) is 6.08 Å². The van der Waals surface area contributed by atoms with Gasteiger partial charge in [0.05, 0.1) is 6.10 Å². The Morgan fingerprint density at radius 2 is 2.55 bits per heavy atom. The summed E-state index contributed by atoms with van der Waals surface area (Å²) in [4.78, 5) is 10.8. The van der Waals surface area contributed by atoms with Crippen LogP contribution in [0.4, 0.5) is 0 Å². The fraction of sp³-hybridized carbons (Fsp3) is 0.625. The SMILES string of the molecule is COCO[C@H]1CC=CC(=O)C1. The topological polar surface area (TPSA) is 35.5 Å². The highest BCUT2D eigenvalue weighted by Gasteiger charge is 2.14. The van der Waals surface area contributed by atoms with Crippen molar-refractivity contribution < 1.29 is 14.3 Å². The second-order valence-corrected chi connectivity index (χ2v) is 2.50. The first-order valence-electron chi connectivity index (χ1n) is 3.63. The molecule has 0 aromatic carbocycles. The van der Waals surface area contributed by atoms with Gasteiger partial charge >= 0.3 is 0 Å². The van der Waals surface area contributed by atoms with Crippen molar-refractivity contribution >= 4 is 5.78 Å². The second-order valence-electron chi connectivity index (χ2n) is 2.50. The molecular weight excluding hydrogens is 144 g/mol. The fourth-order valence-electron chi connectivity index (χ4n) is 1.02. The minimum Gasteiger partial charge on any atom is -0.359 e. The van der Waals surface area contributed by atoms with Gasteiger partial charge in [-0.25, -0.2) is 0 Å². The predicted molar refractivity (Wildman–Crippen MR) is 40.1 cm³/mol. The number of hydrogen-bond donors (Lipinski definition) is 0. The standard InChI is InChI=1S/C8H12O3/c1-10-6-11-8-4-2-3-7(9)5-8/h2-3,8H,4-6H2,1H3/t8-/m0/s1. The van der Waals surface area contributed by atoms with E-state index in [9.17, 15) is 4.79 Å². The van der Waals surface area contributed by atoms with Crippen molar-refractivity contribution in [3.8, 4) is 0 Å². The van der Waals surface area contributed by atoms with Crippen molar-refractivity contribution in [3.63, 3.8) is 0 Å². The molecule has 0 radical (unpaired) electrons. The third kappa shape index (κ3) is 2.82. The summed E-state index contributed by atoms with van der Waals surface area (Å²) in [5.74, 6) is 0.136. The van der Waals surface area contributed by atoms with Crippen LogP contribution in [0.3, 0.4) is 0 Å². The molecular formula is C8H12O3. The van der Waals surface area contributed by atoms with Gasteiger partial charge in [0.25, 0.3) is 0 Å². The van der Waals surface area contributed by atoms with Crippen LogP contribution in [0, 0.1) is 0 Å². The summed E-state index contributed by atoms with van der Waals surface area (Å²) >= 11 is 0. The lowest BCUT2D eigenvalue weighted by Gasteiger charge is -2.16. The molecule has 1 aliphatic carbocycles. The molecule has 1 aliphatic rings. The Kier molecular flexibility index (Phi) is 3.26. The number of ketones is 1. The van der Waals surface area contributed by atoms with E-state index in [1.165, 1.54) is 0 Å². The second kappa shape index (κ2) is 4.26. The van der Waals surface area contributed by atoms with Gasteiger partial charge in [-0.15, -0.1) is 0 Å². The van der Waals surface area contributed by atoms with Gasteiger partial charge in [0.2, 0.25) is 0 Å². The molecule has 3 nitrogen and oxygen atoms in total. The molecule has 0 unspecified atom stereocenters. The van der Waals surface area contributed by atoms with Gasteiger partial charge in [-0.3, -0.25) is 4.79 Å². The molecule has 0 saturated heterocycles. The predicted octanol–water partition coefficient (Wildman–Crippen LogP) is 0.895. The Hall–Kier alpha value is -0.670. The van der Waals surface area contributed by atoms with E-state index < -0.39 is 0 Å². The van der Waals surface area contributed by atoms with E-state index in [2.05, 4.69) is 0 Å². The molecule has 0 N–H and O–H groups in total. The molecule has 0 amide bonds. The largest absolute Gasteiger partial charge is 0.359 e. The maximum Gasteiger partial charge on any atom is 0.157 e. The van der Waals surface area contributed by atoms with Crippen LogP contribution in [-0.2, 0) is 14.3 Å². The van der Waals surface area contributed by atoms with Crippen LogP contribution in [0.5, 0.6) is 0 Å². The molecule has 0 heterocycles. The van der Waals surface area contributed by atoms with Crippen molar-refractivity contribution in [2.75, 3.05) is 13.9 Å². The highest BCUT2D eigenvalue weighted by Crippen LogP contribution is 2.11. The molecule has 3 heteroatoms. The average Bonchev–Trinajstić information content (AvgIpc) is 2.01. The normalized spacial score (nSPS) is 24.1. The highest BCUT2D eigenvalue weighted by atomic mass is 16.7. The number of carbonyl (C=O) groups is 1. The summed E-state index contributed by atoms with van der Waals surface area (Å²) in [6.45, 7) is 0.270. The van der Waals surface area contributed by atoms with Crippen molar-refractivity contribution in [1.82, 2.24) is 0 Å². The summed E-state index contributed by atoms with van der Waals surface area (Å²) in [7, 11) is 1.57. The molecule has 0 aromatic rings. The van der Waals surface area contributed by atoms with Crippen molar-refractivity contribution in [2.24, 2.45) is 0 Å². The molecule has 1 atom stereocenters. The zero-order valence-corrected chi connectivity index (χ0v) is 6.58. The molecule has 0 saturated carbocycles.